The normalized spacial score (nSPS) is 13.0. The number of fused-ring (bicyclic) bond motifs is 7. The van der Waals surface area contributed by atoms with Crippen molar-refractivity contribution >= 4 is 32.8 Å². The molecule has 0 amide bonds. The molecule has 0 saturated heterocycles. The summed E-state index contributed by atoms with van der Waals surface area (Å²) in [5.41, 5.74) is 16.1. The SMILES string of the molecule is c1ccc(-c2nc3ccc(-n4c5ccccc5c5cc6c(cc54)C(c4ccccc4)(c4ccccc4)c4ccccc4-6)cc3nc2-c2ccccc2)cc1. The number of hydrogen-bond donors (Lipinski definition) is 0. The second-order valence-corrected chi connectivity index (χ2v) is 14.1. The van der Waals surface area contributed by atoms with E-state index in [2.05, 4.69) is 193 Å². The summed E-state index contributed by atoms with van der Waals surface area (Å²) >= 11 is 0. The fourth-order valence-electron chi connectivity index (χ4n) is 8.96. The first-order chi connectivity index (χ1) is 26.8. The van der Waals surface area contributed by atoms with Crippen LogP contribution in [0.5, 0.6) is 0 Å². The maximum absolute atomic E-state index is 5.36. The molecule has 10 aromatic rings. The van der Waals surface area contributed by atoms with Crippen LogP contribution in [-0.4, -0.2) is 14.5 Å². The van der Waals surface area contributed by atoms with Crippen molar-refractivity contribution in [2.24, 2.45) is 0 Å². The van der Waals surface area contributed by atoms with E-state index in [-0.39, 0.29) is 0 Å². The fourth-order valence-corrected chi connectivity index (χ4v) is 8.96. The van der Waals surface area contributed by atoms with E-state index in [0.29, 0.717) is 0 Å². The molecule has 11 rings (SSSR count). The average Bonchev–Trinajstić information content (AvgIpc) is 3.73. The van der Waals surface area contributed by atoms with Gasteiger partial charge in [0, 0.05) is 27.6 Å². The van der Waals surface area contributed by atoms with Gasteiger partial charge < -0.3 is 4.57 Å². The first kappa shape index (κ1) is 30.5. The van der Waals surface area contributed by atoms with Crippen molar-refractivity contribution in [2.45, 2.75) is 5.41 Å². The van der Waals surface area contributed by atoms with Crippen LogP contribution in [0.1, 0.15) is 22.3 Å². The molecule has 1 aliphatic rings. The van der Waals surface area contributed by atoms with E-state index in [0.717, 1.165) is 50.3 Å². The Morgan fingerprint density at radius 3 is 1.59 bits per heavy atom. The number of benzene rings is 8. The molecular weight excluding hydrogens is 655 g/mol. The maximum atomic E-state index is 5.36. The van der Waals surface area contributed by atoms with Crippen molar-refractivity contribution in [3.63, 3.8) is 0 Å². The molecule has 0 spiro atoms. The Labute approximate surface area is 313 Å². The smallest absolute Gasteiger partial charge is 0.0973 e. The van der Waals surface area contributed by atoms with E-state index in [1.54, 1.807) is 0 Å². The Kier molecular flexibility index (Phi) is 6.77. The maximum Gasteiger partial charge on any atom is 0.0973 e. The van der Waals surface area contributed by atoms with E-state index in [4.69, 9.17) is 9.97 Å². The van der Waals surface area contributed by atoms with Gasteiger partial charge in [-0.15, -0.1) is 0 Å². The van der Waals surface area contributed by atoms with Gasteiger partial charge in [0.05, 0.1) is 38.9 Å². The summed E-state index contributed by atoms with van der Waals surface area (Å²) in [4.78, 5) is 10.6. The number of hydrogen-bond acceptors (Lipinski definition) is 2. The quantitative estimate of drug-likeness (QED) is 0.180. The van der Waals surface area contributed by atoms with Gasteiger partial charge in [-0.05, 0) is 69.8 Å². The Morgan fingerprint density at radius 2 is 0.926 bits per heavy atom. The second-order valence-electron chi connectivity index (χ2n) is 14.1. The predicted octanol–water partition coefficient (Wildman–Crippen LogP) is 12.4. The number of rotatable bonds is 5. The molecule has 0 N–H and O–H groups in total. The van der Waals surface area contributed by atoms with Crippen molar-refractivity contribution < 1.29 is 0 Å². The van der Waals surface area contributed by atoms with E-state index in [1.807, 2.05) is 12.1 Å². The van der Waals surface area contributed by atoms with Gasteiger partial charge in [0.25, 0.3) is 0 Å². The molecule has 0 fully saturated rings. The van der Waals surface area contributed by atoms with E-state index in [1.165, 1.54) is 44.2 Å². The predicted molar refractivity (Wildman–Crippen MR) is 222 cm³/mol. The summed E-state index contributed by atoms with van der Waals surface area (Å²) < 4.78 is 2.42. The second kappa shape index (κ2) is 12.0. The van der Waals surface area contributed by atoms with Gasteiger partial charge in [-0.2, -0.15) is 0 Å². The van der Waals surface area contributed by atoms with Crippen LogP contribution in [0.3, 0.4) is 0 Å². The van der Waals surface area contributed by atoms with Crippen LogP contribution in [0.15, 0.2) is 200 Å². The molecule has 0 atom stereocenters. The largest absolute Gasteiger partial charge is 0.309 e. The highest BCUT2D eigenvalue weighted by atomic mass is 15.0. The summed E-state index contributed by atoms with van der Waals surface area (Å²) in [6.07, 6.45) is 0. The zero-order chi connectivity index (χ0) is 35.6. The minimum absolute atomic E-state index is 0.489. The van der Waals surface area contributed by atoms with E-state index >= 15 is 0 Å². The highest BCUT2D eigenvalue weighted by Gasteiger charge is 2.46. The molecular formula is C51H33N3. The summed E-state index contributed by atoms with van der Waals surface area (Å²) in [7, 11) is 0. The molecule has 2 aromatic heterocycles. The molecule has 3 nitrogen and oxygen atoms in total. The molecule has 0 saturated carbocycles. The Balaban J connectivity index is 1.21. The first-order valence-corrected chi connectivity index (χ1v) is 18.5. The number of nitrogens with zero attached hydrogens (tertiary/aromatic N) is 3. The summed E-state index contributed by atoms with van der Waals surface area (Å²) in [6, 6.07) is 72.0. The summed E-state index contributed by atoms with van der Waals surface area (Å²) in [5.74, 6) is 0. The molecule has 0 unspecified atom stereocenters. The molecule has 3 heteroatoms. The molecule has 8 aromatic carbocycles. The van der Waals surface area contributed by atoms with Crippen molar-refractivity contribution in [3.05, 3.63) is 222 Å². The van der Waals surface area contributed by atoms with Crippen LogP contribution < -0.4 is 0 Å². The Hall–Kier alpha value is -7.10. The lowest BCUT2D eigenvalue weighted by atomic mass is 9.67. The molecule has 54 heavy (non-hydrogen) atoms. The van der Waals surface area contributed by atoms with Crippen molar-refractivity contribution in [1.29, 1.82) is 0 Å². The lowest BCUT2D eigenvalue weighted by Gasteiger charge is -2.34. The molecule has 252 valence electrons. The molecule has 2 heterocycles. The van der Waals surface area contributed by atoms with Gasteiger partial charge in [-0.25, -0.2) is 9.97 Å². The number of para-hydroxylation sites is 1. The third kappa shape index (κ3) is 4.42. The van der Waals surface area contributed by atoms with Crippen LogP contribution in [0.25, 0.3) is 72.2 Å². The topological polar surface area (TPSA) is 30.7 Å². The summed E-state index contributed by atoms with van der Waals surface area (Å²) in [6.45, 7) is 0. The molecule has 0 radical (unpaired) electrons. The fraction of sp³-hybridized carbons (Fsp3) is 0.0196. The van der Waals surface area contributed by atoms with Crippen LogP contribution in [0.2, 0.25) is 0 Å². The van der Waals surface area contributed by atoms with Gasteiger partial charge in [0.15, 0.2) is 0 Å². The van der Waals surface area contributed by atoms with Crippen molar-refractivity contribution in [3.8, 4) is 39.3 Å². The first-order valence-electron chi connectivity index (χ1n) is 18.5. The minimum atomic E-state index is -0.489. The van der Waals surface area contributed by atoms with Gasteiger partial charge >= 0.3 is 0 Å². The monoisotopic (exact) mass is 687 g/mol. The Bertz CT molecular complexity index is 2980. The third-order valence-electron chi connectivity index (χ3n) is 11.3. The third-order valence-corrected chi connectivity index (χ3v) is 11.3. The van der Waals surface area contributed by atoms with Crippen LogP contribution in [0, 0.1) is 0 Å². The summed E-state index contributed by atoms with van der Waals surface area (Å²) in [5, 5.41) is 2.45. The van der Waals surface area contributed by atoms with Crippen LogP contribution >= 0.6 is 0 Å². The van der Waals surface area contributed by atoms with Crippen LogP contribution in [0.4, 0.5) is 0 Å². The lowest BCUT2D eigenvalue weighted by molar-refractivity contribution is 0.769. The Morgan fingerprint density at radius 1 is 0.370 bits per heavy atom. The van der Waals surface area contributed by atoms with Gasteiger partial charge in [0.2, 0.25) is 0 Å². The van der Waals surface area contributed by atoms with Crippen molar-refractivity contribution in [2.75, 3.05) is 0 Å². The van der Waals surface area contributed by atoms with Crippen molar-refractivity contribution in [1.82, 2.24) is 14.5 Å². The van der Waals surface area contributed by atoms with Gasteiger partial charge in [-0.1, -0.05) is 164 Å². The highest BCUT2D eigenvalue weighted by molar-refractivity contribution is 6.12. The lowest BCUT2D eigenvalue weighted by Crippen LogP contribution is -2.28. The number of aromatic nitrogens is 3. The zero-order valence-electron chi connectivity index (χ0n) is 29.4. The van der Waals surface area contributed by atoms with E-state index in [9.17, 15) is 0 Å². The van der Waals surface area contributed by atoms with E-state index < -0.39 is 5.41 Å². The standard InChI is InChI=1S/C51H33N3/c1-5-17-34(18-6-1)49-50(35-19-7-2-8-20-35)53-46-31-38(29-30-45(46)52-49)54-47-28-16-14-26-40(47)42-32-41-39-25-13-15-27-43(39)51(44(41)33-48(42)54,36-21-9-3-10-22-36)37-23-11-4-12-24-37/h1-33H. The highest BCUT2D eigenvalue weighted by Crippen LogP contribution is 2.57. The average molecular weight is 688 g/mol. The van der Waals surface area contributed by atoms with Gasteiger partial charge in [-0.3, -0.25) is 0 Å². The molecule has 0 bridgehead atoms. The van der Waals surface area contributed by atoms with Gasteiger partial charge in [0.1, 0.15) is 0 Å². The zero-order valence-corrected chi connectivity index (χ0v) is 29.4. The molecule has 0 aliphatic heterocycles. The van der Waals surface area contributed by atoms with Crippen LogP contribution in [-0.2, 0) is 5.41 Å². The minimum Gasteiger partial charge on any atom is -0.309 e. The molecule has 1 aliphatic carbocycles.